The Hall–Kier alpha value is -0.780. The second-order valence-electron chi connectivity index (χ2n) is 5.41. The Kier molecular flexibility index (Phi) is 5.29. The van der Waals surface area contributed by atoms with Crippen molar-refractivity contribution in [3.63, 3.8) is 0 Å². The Balaban J connectivity index is 2.02. The van der Waals surface area contributed by atoms with E-state index in [0.717, 1.165) is 34.4 Å². The van der Waals surface area contributed by atoms with Crippen LogP contribution in [0.2, 0.25) is 0 Å². The van der Waals surface area contributed by atoms with Crippen LogP contribution in [0.3, 0.4) is 0 Å². The van der Waals surface area contributed by atoms with Crippen LogP contribution in [0.15, 0.2) is 16.6 Å². The number of hydrogen-bond donors (Lipinski definition) is 2. The van der Waals surface area contributed by atoms with E-state index in [2.05, 4.69) is 21.2 Å². The molecule has 20 heavy (non-hydrogen) atoms. The zero-order chi connectivity index (χ0) is 14.6. The van der Waals surface area contributed by atoms with Gasteiger partial charge in [-0.15, -0.1) is 0 Å². The Labute approximate surface area is 128 Å². The smallest absolute Gasteiger partial charge is 0.175 e. The van der Waals surface area contributed by atoms with Gasteiger partial charge in [0.05, 0.1) is 23.3 Å². The third-order valence-electron chi connectivity index (χ3n) is 3.46. The first-order valence-electron chi connectivity index (χ1n) is 7.03. The van der Waals surface area contributed by atoms with Gasteiger partial charge in [0.15, 0.2) is 11.5 Å². The lowest BCUT2D eigenvalue weighted by atomic mass is 10.0. The van der Waals surface area contributed by atoms with Crippen molar-refractivity contribution in [3.05, 3.63) is 22.2 Å². The van der Waals surface area contributed by atoms with Gasteiger partial charge in [0, 0.05) is 19.5 Å². The Bertz CT molecular complexity index is 463. The van der Waals surface area contributed by atoms with Crippen molar-refractivity contribution in [2.45, 2.75) is 38.8 Å². The fourth-order valence-electron chi connectivity index (χ4n) is 1.99. The van der Waals surface area contributed by atoms with E-state index in [1.165, 1.54) is 0 Å². The summed E-state index contributed by atoms with van der Waals surface area (Å²) < 4.78 is 12.3. The molecule has 0 bridgehead atoms. The molecule has 0 fully saturated rings. The summed E-state index contributed by atoms with van der Waals surface area (Å²) in [6.45, 7) is 6.43. The fraction of sp³-hybridized carbons (Fsp3) is 0.600. The number of benzene rings is 1. The summed E-state index contributed by atoms with van der Waals surface area (Å²) in [5.74, 6) is 1.57. The predicted octanol–water partition coefficient (Wildman–Crippen LogP) is 2.86. The minimum absolute atomic E-state index is 0.565. The zero-order valence-electron chi connectivity index (χ0n) is 12.0. The van der Waals surface area contributed by atoms with Crippen LogP contribution in [0.25, 0.3) is 0 Å². The van der Waals surface area contributed by atoms with Gasteiger partial charge in [0.2, 0.25) is 0 Å². The van der Waals surface area contributed by atoms with Gasteiger partial charge in [-0.05, 0) is 47.0 Å². The van der Waals surface area contributed by atoms with Crippen molar-refractivity contribution in [2.75, 3.05) is 19.8 Å². The molecular formula is C15H22BrNO3. The SMILES string of the molecule is CCC(C)(O)CNCc1cc(Br)c2c(c1)OCCCO2. The lowest BCUT2D eigenvalue weighted by Gasteiger charge is -2.22. The number of nitrogens with one attached hydrogen (secondary N) is 1. The molecule has 2 rings (SSSR count). The topological polar surface area (TPSA) is 50.7 Å². The van der Waals surface area contributed by atoms with E-state index in [1.54, 1.807) is 0 Å². The third-order valence-corrected chi connectivity index (χ3v) is 4.05. The van der Waals surface area contributed by atoms with Gasteiger partial charge >= 0.3 is 0 Å². The highest BCUT2D eigenvalue weighted by Crippen LogP contribution is 2.38. The van der Waals surface area contributed by atoms with Crippen LogP contribution in [-0.4, -0.2) is 30.5 Å². The summed E-state index contributed by atoms with van der Waals surface area (Å²) in [7, 11) is 0. The summed E-state index contributed by atoms with van der Waals surface area (Å²) in [4.78, 5) is 0. The number of fused-ring (bicyclic) bond motifs is 1. The standard InChI is InChI=1S/C15H22BrNO3/c1-3-15(2,18)10-17-9-11-7-12(16)14-13(8-11)19-5-4-6-20-14/h7-8,17-18H,3-6,9-10H2,1-2H3. The molecule has 0 aliphatic carbocycles. The molecule has 1 atom stereocenters. The van der Waals surface area contributed by atoms with Gasteiger partial charge < -0.3 is 19.9 Å². The maximum Gasteiger partial charge on any atom is 0.175 e. The van der Waals surface area contributed by atoms with Crippen LogP contribution in [-0.2, 0) is 6.54 Å². The van der Waals surface area contributed by atoms with Crippen molar-refractivity contribution in [3.8, 4) is 11.5 Å². The van der Waals surface area contributed by atoms with Gasteiger partial charge in [-0.3, -0.25) is 0 Å². The number of rotatable bonds is 5. The minimum Gasteiger partial charge on any atom is -0.490 e. The first-order chi connectivity index (χ1) is 9.52. The third kappa shape index (κ3) is 4.11. The summed E-state index contributed by atoms with van der Waals surface area (Å²) in [6, 6.07) is 4.03. The number of hydrogen-bond acceptors (Lipinski definition) is 4. The lowest BCUT2D eigenvalue weighted by Crippen LogP contribution is -2.36. The molecule has 0 radical (unpaired) electrons. The van der Waals surface area contributed by atoms with Crippen LogP contribution < -0.4 is 14.8 Å². The second kappa shape index (κ2) is 6.78. The highest BCUT2D eigenvalue weighted by atomic mass is 79.9. The molecule has 1 aromatic rings. The number of ether oxygens (including phenoxy) is 2. The largest absolute Gasteiger partial charge is 0.490 e. The Morgan fingerprint density at radius 2 is 2.10 bits per heavy atom. The maximum atomic E-state index is 9.97. The average Bonchev–Trinajstić information content (AvgIpc) is 2.64. The highest BCUT2D eigenvalue weighted by molar-refractivity contribution is 9.10. The molecule has 0 spiro atoms. The highest BCUT2D eigenvalue weighted by Gasteiger charge is 2.18. The molecular weight excluding hydrogens is 322 g/mol. The average molecular weight is 344 g/mol. The summed E-state index contributed by atoms with van der Waals surface area (Å²) in [6.07, 6.45) is 1.62. The van der Waals surface area contributed by atoms with Crippen molar-refractivity contribution < 1.29 is 14.6 Å². The van der Waals surface area contributed by atoms with Crippen LogP contribution in [0.5, 0.6) is 11.5 Å². The first kappa shape index (κ1) is 15.6. The molecule has 1 aliphatic heterocycles. The molecule has 1 aromatic carbocycles. The summed E-state index contributed by atoms with van der Waals surface area (Å²) in [5, 5.41) is 13.2. The molecule has 0 amide bonds. The quantitative estimate of drug-likeness (QED) is 0.863. The molecule has 112 valence electrons. The summed E-state index contributed by atoms with van der Waals surface area (Å²) >= 11 is 3.53. The molecule has 0 saturated carbocycles. The maximum absolute atomic E-state index is 9.97. The van der Waals surface area contributed by atoms with Gasteiger partial charge in [0.25, 0.3) is 0 Å². The molecule has 4 nitrogen and oxygen atoms in total. The van der Waals surface area contributed by atoms with E-state index in [0.29, 0.717) is 26.3 Å². The molecule has 2 N–H and O–H groups in total. The van der Waals surface area contributed by atoms with E-state index < -0.39 is 5.60 Å². The van der Waals surface area contributed by atoms with Crippen molar-refractivity contribution in [1.29, 1.82) is 0 Å². The van der Waals surface area contributed by atoms with E-state index in [4.69, 9.17) is 9.47 Å². The molecule has 1 unspecified atom stereocenters. The number of aliphatic hydroxyl groups is 1. The molecule has 5 heteroatoms. The Morgan fingerprint density at radius 3 is 2.85 bits per heavy atom. The van der Waals surface area contributed by atoms with Crippen LogP contribution >= 0.6 is 15.9 Å². The van der Waals surface area contributed by atoms with Crippen LogP contribution in [0, 0.1) is 0 Å². The van der Waals surface area contributed by atoms with E-state index in [-0.39, 0.29) is 0 Å². The van der Waals surface area contributed by atoms with Gasteiger partial charge in [-0.1, -0.05) is 6.92 Å². The minimum atomic E-state index is -0.664. The Morgan fingerprint density at radius 1 is 1.35 bits per heavy atom. The van der Waals surface area contributed by atoms with Crippen LogP contribution in [0.4, 0.5) is 0 Å². The van der Waals surface area contributed by atoms with Gasteiger partial charge in [-0.2, -0.15) is 0 Å². The number of halogens is 1. The van der Waals surface area contributed by atoms with Crippen molar-refractivity contribution in [2.24, 2.45) is 0 Å². The summed E-state index contributed by atoms with van der Waals surface area (Å²) in [5.41, 5.74) is 0.440. The van der Waals surface area contributed by atoms with Crippen molar-refractivity contribution >= 4 is 15.9 Å². The molecule has 0 aromatic heterocycles. The lowest BCUT2D eigenvalue weighted by molar-refractivity contribution is 0.0555. The van der Waals surface area contributed by atoms with Crippen LogP contribution in [0.1, 0.15) is 32.3 Å². The molecule has 0 saturated heterocycles. The molecule has 1 heterocycles. The van der Waals surface area contributed by atoms with Gasteiger partial charge in [0.1, 0.15) is 0 Å². The zero-order valence-corrected chi connectivity index (χ0v) is 13.6. The normalized spacial score (nSPS) is 17.4. The van der Waals surface area contributed by atoms with E-state index in [1.807, 2.05) is 26.0 Å². The second-order valence-corrected chi connectivity index (χ2v) is 6.26. The first-order valence-corrected chi connectivity index (χ1v) is 7.82. The van der Waals surface area contributed by atoms with E-state index in [9.17, 15) is 5.11 Å². The predicted molar refractivity (Wildman–Crippen MR) is 82.4 cm³/mol. The van der Waals surface area contributed by atoms with E-state index >= 15 is 0 Å². The van der Waals surface area contributed by atoms with Gasteiger partial charge in [-0.25, -0.2) is 0 Å². The monoisotopic (exact) mass is 343 g/mol. The fourth-order valence-corrected chi connectivity index (χ4v) is 2.59. The molecule has 1 aliphatic rings. The van der Waals surface area contributed by atoms with Crippen molar-refractivity contribution in [1.82, 2.24) is 5.32 Å².